The largest absolute Gasteiger partial charge is 0.494 e. The third kappa shape index (κ3) is 5.02. The number of rotatable bonds is 9. The predicted octanol–water partition coefficient (Wildman–Crippen LogP) is 4.55. The monoisotopic (exact) mass is 320 g/mol. The van der Waals surface area contributed by atoms with Crippen LogP contribution in [0.3, 0.4) is 0 Å². The van der Waals surface area contributed by atoms with Crippen molar-refractivity contribution in [2.75, 3.05) is 6.61 Å². The summed E-state index contributed by atoms with van der Waals surface area (Å²) in [5, 5.41) is 1.92. The number of fused-ring (bicyclic) bond motifs is 1. The molecule has 0 atom stereocenters. The van der Waals surface area contributed by atoms with Crippen LogP contribution in [0.5, 0.6) is 5.75 Å². The lowest BCUT2D eigenvalue weighted by Crippen LogP contribution is -1.97. The summed E-state index contributed by atoms with van der Waals surface area (Å²) in [6.07, 6.45) is 7.49. The van der Waals surface area contributed by atoms with E-state index in [0.29, 0.717) is 4.90 Å². The molecule has 0 amide bonds. The van der Waals surface area contributed by atoms with Gasteiger partial charge in [0.2, 0.25) is 0 Å². The van der Waals surface area contributed by atoms with Crippen molar-refractivity contribution in [1.29, 1.82) is 0 Å². The normalized spacial score (nSPS) is 11.2. The van der Waals surface area contributed by atoms with Gasteiger partial charge in [0.1, 0.15) is 5.75 Å². The van der Waals surface area contributed by atoms with Crippen LogP contribution in [0.25, 0.3) is 10.8 Å². The summed E-state index contributed by atoms with van der Waals surface area (Å²) in [5.41, 5.74) is 0. The van der Waals surface area contributed by atoms with Crippen molar-refractivity contribution >= 4 is 21.5 Å². The van der Waals surface area contributed by atoms with E-state index in [4.69, 9.17) is 4.74 Å². The predicted molar refractivity (Wildman–Crippen MR) is 91.4 cm³/mol. The smallest absolute Gasteiger partial charge is 0.168 e. The lowest BCUT2D eigenvalue weighted by Gasteiger charge is -2.07. The zero-order valence-corrected chi connectivity index (χ0v) is 14.0. The van der Waals surface area contributed by atoms with Crippen LogP contribution in [0.1, 0.15) is 45.4 Å². The molecule has 120 valence electrons. The van der Waals surface area contributed by atoms with E-state index < -0.39 is 10.7 Å². The van der Waals surface area contributed by atoms with E-state index in [1.54, 1.807) is 12.1 Å². The van der Waals surface area contributed by atoms with Gasteiger partial charge in [-0.3, -0.25) is 0 Å². The number of hydrogen-bond acceptors (Lipinski definition) is 3. The summed E-state index contributed by atoms with van der Waals surface area (Å²) in [7, 11) is -2.53. The van der Waals surface area contributed by atoms with E-state index in [1.165, 1.54) is 32.1 Å². The second-order valence-corrected chi connectivity index (χ2v) is 6.60. The van der Waals surface area contributed by atoms with Gasteiger partial charge in [-0.1, -0.05) is 51.2 Å². The molecule has 0 spiro atoms. The molecule has 0 bridgehead atoms. The van der Waals surface area contributed by atoms with E-state index in [1.807, 2.05) is 24.3 Å². The van der Waals surface area contributed by atoms with Crippen LogP contribution in [0.15, 0.2) is 41.3 Å². The van der Waals surface area contributed by atoms with Crippen molar-refractivity contribution in [1.82, 2.24) is 0 Å². The fourth-order valence-corrected chi connectivity index (χ4v) is 2.93. The molecular formula is C18H24O3S. The van der Waals surface area contributed by atoms with Gasteiger partial charge in [0.05, 0.1) is 11.5 Å². The Bertz CT molecular complexity index is 669. The molecule has 2 rings (SSSR count). The highest BCUT2D eigenvalue weighted by atomic mass is 32.2. The molecule has 0 aliphatic heterocycles. The highest BCUT2D eigenvalue weighted by molar-refractivity contribution is 7.72. The Morgan fingerprint density at radius 1 is 0.864 bits per heavy atom. The van der Waals surface area contributed by atoms with Gasteiger partial charge < -0.3 is 4.74 Å². The first-order valence-corrected chi connectivity index (χ1v) is 9.19. The fourth-order valence-electron chi connectivity index (χ4n) is 2.49. The van der Waals surface area contributed by atoms with Crippen molar-refractivity contribution < 1.29 is 13.2 Å². The molecule has 0 saturated heterocycles. The Hall–Kier alpha value is -1.55. The van der Waals surface area contributed by atoms with Gasteiger partial charge in [0.25, 0.3) is 0 Å². The molecule has 0 saturated carbocycles. The van der Waals surface area contributed by atoms with Gasteiger partial charge in [0.15, 0.2) is 10.7 Å². The Morgan fingerprint density at radius 2 is 1.55 bits per heavy atom. The highest BCUT2D eigenvalue weighted by Crippen LogP contribution is 2.22. The van der Waals surface area contributed by atoms with Crippen LogP contribution in [0.2, 0.25) is 0 Å². The molecule has 0 unspecified atom stereocenters. The first-order valence-electron chi connectivity index (χ1n) is 8.01. The number of thiol groups is 1. The second kappa shape index (κ2) is 8.79. The molecule has 0 aromatic heterocycles. The molecule has 2 aromatic carbocycles. The van der Waals surface area contributed by atoms with Crippen LogP contribution in [-0.2, 0) is 10.7 Å². The van der Waals surface area contributed by atoms with E-state index in [-0.39, 0.29) is 0 Å². The standard InChI is InChI=1S/C18H24O3S/c1-2-3-4-5-6-7-12-21-17-10-8-16-14-18(22(19)20)11-9-15(16)13-17/h8-11,13-14,22H,2-7,12H2,1H3. The molecule has 4 heteroatoms. The van der Waals surface area contributed by atoms with E-state index >= 15 is 0 Å². The van der Waals surface area contributed by atoms with Crippen molar-refractivity contribution in [3.8, 4) is 5.75 Å². The number of ether oxygens (including phenoxy) is 1. The molecule has 2 aromatic rings. The van der Waals surface area contributed by atoms with E-state index in [0.717, 1.165) is 29.5 Å². The van der Waals surface area contributed by atoms with Crippen LogP contribution >= 0.6 is 0 Å². The fraction of sp³-hybridized carbons (Fsp3) is 0.444. The van der Waals surface area contributed by atoms with Crippen LogP contribution < -0.4 is 4.74 Å². The molecule has 0 N–H and O–H groups in total. The SMILES string of the molecule is CCCCCCCCOc1ccc2cc([SH](=O)=O)ccc2c1. The van der Waals surface area contributed by atoms with Crippen molar-refractivity contribution in [3.63, 3.8) is 0 Å². The third-order valence-corrected chi connectivity index (χ3v) is 4.47. The lowest BCUT2D eigenvalue weighted by molar-refractivity contribution is 0.305. The summed E-state index contributed by atoms with van der Waals surface area (Å²) in [4.78, 5) is 0.350. The molecular weight excluding hydrogens is 296 g/mol. The highest BCUT2D eigenvalue weighted by Gasteiger charge is 2.01. The number of unbranched alkanes of at least 4 members (excludes halogenated alkanes) is 5. The summed E-state index contributed by atoms with van der Waals surface area (Å²) < 4.78 is 27.8. The Kier molecular flexibility index (Phi) is 6.72. The van der Waals surface area contributed by atoms with Gasteiger partial charge in [-0.15, -0.1) is 0 Å². The van der Waals surface area contributed by atoms with Crippen LogP contribution in [0.4, 0.5) is 0 Å². The van der Waals surface area contributed by atoms with Crippen LogP contribution in [0, 0.1) is 0 Å². The minimum Gasteiger partial charge on any atom is -0.494 e. The lowest BCUT2D eigenvalue weighted by atomic mass is 10.1. The minimum atomic E-state index is -2.53. The molecule has 0 heterocycles. The average Bonchev–Trinajstić information content (AvgIpc) is 2.53. The van der Waals surface area contributed by atoms with Gasteiger partial charge in [-0.25, -0.2) is 8.42 Å². The molecule has 3 nitrogen and oxygen atoms in total. The Morgan fingerprint density at radius 3 is 2.32 bits per heavy atom. The molecule has 22 heavy (non-hydrogen) atoms. The average molecular weight is 320 g/mol. The quantitative estimate of drug-likeness (QED) is 0.544. The van der Waals surface area contributed by atoms with Crippen molar-refractivity contribution in [2.45, 2.75) is 50.3 Å². The number of hydrogen-bond donors (Lipinski definition) is 1. The summed E-state index contributed by atoms with van der Waals surface area (Å²) in [6, 6.07) is 10.9. The second-order valence-electron chi connectivity index (χ2n) is 5.57. The first-order chi connectivity index (χ1) is 10.7. The van der Waals surface area contributed by atoms with E-state index in [9.17, 15) is 8.42 Å². The maximum absolute atomic E-state index is 11.0. The van der Waals surface area contributed by atoms with Gasteiger partial charge >= 0.3 is 0 Å². The number of benzene rings is 2. The molecule has 0 fully saturated rings. The summed E-state index contributed by atoms with van der Waals surface area (Å²) in [6.45, 7) is 2.96. The van der Waals surface area contributed by atoms with E-state index in [2.05, 4.69) is 6.92 Å². The summed E-state index contributed by atoms with van der Waals surface area (Å²) in [5.74, 6) is 0.848. The first kappa shape index (κ1) is 16.8. The van der Waals surface area contributed by atoms with Crippen molar-refractivity contribution in [2.24, 2.45) is 0 Å². The van der Waals surface area contributed by atoms with Gasteiger partial charge in [-0.2, -0.15) is 0 Å². The molecule has 0 radical (unpaired) electrons. The van der Waals surface area contributed by atoms with Crippen molar-refractivity contribution in [3.05, 3.63) is 36.4 Å². The minimum absolute atomic E-state index is 0.350. The molecule has 0 aliphatic rings. The van der Waals surface area contributed by atoms with Gasteiger partial charge in [-0.05, 0) is 41.5 Å². The molecule has 0 aliphatic carbocycles. The third-order valence-electron chi connectivity index (χ3n) is 3.77. The topological polar surface area (TPSA) is 43.4 Å². The van der Waals surface area contributed by atoms with Gasteiger partial charge in [0, 0.05) is 0 Å². The zero-order chi connectivity index (χ0) is 15.8. The maximum Gasteiger partial charge on any atom is 0.168 e. The Balaban J connectivity index is 1.86. The Labute approximate surface area is 134 Å². The summed E-state index contributed by atoms with van der Waals surface area (Å²) >= 11 is 0. The van der Waals surface area contributed by atoms with Crippen LogP contribution in [-0.4, -0.2) is 15.0 Å². The maximum atomic E-state index is 11.0. The zero-order valence-electron chi connectivity index (χ0n) is 13.1.